The summed E-state index contributed by atoms with van der Waals surface area (Å²) in [6.07, 6.45) is -4.53. The van der Waals surface area contributed by atoms with Crippen molar-refractivity contribution in [1.82, 2.24) is 10.2 Å². The lowest BCUT2D eigenvalue weighted by Gasteiger charge is -2.12. The van der Waals surface area contributed by atoms with Crippen LogP contribution in [-0.4, -0.2) is 15.3 Å². The molecule has 2 aromatic carbocycles. The fourth-order valence-electron chi connectivity index (χ4n) is 2.97. The van der Waals surface area contributed by atoms with Crippen molar-refractivity contribution in [3.8, 4) is 26.9 Å². The number of aromatic hydroxyl groups is 1. The van der Waals surface area contributed by atoms with E-state index in [0.717, 1.165) is 17.4 Å². The van der Waals surface area contributed by atoms with E-state index in [2.05, 4.69) is 10.2 Å². The molecule has 4 aromatic rings. The summed E-state index contributed by atoms with van der Waals surface area (Å²) < 4.78 is 46.1. The molecule has 0 aliphatic carbocycles. The molecule has 0 saturated heterocycles. The standard InChI is InChI=1S/C20H13F3N2O3S/c1-2-10-8-12-14(9-13(10)26)28-17(20(21,22)23)15(16(12)27)19-25-24-18(29-19)11-6-4-3-5-7-11/h3-9,26H,2H2,1H3. The van der Waals surface area contributed by atoms with Gasteiger partial charge in [-0.05, 0) is 18.1 Å². The number of fused-ring (bicyclic) bond motifs is 1. The molecule has 0 bridgehead atoms. The SMILES string of the molecule is CCc1cc2c(=O)c(-c3nnc(-c4ccccc4)s3)c(C(F)(F)F)oc2cc1O. The first-order valence-electron chi connectivity index (χ1n) is 8.58. The van der Waals surface area contributed by atoms with Gasteiger partial charge in [-0.3, -0.25) is 4.79 Å². The Morgan fingerprint density at radius 3 is 2.45 bits per heavy atom. The minimum atomic E-state index is -4.93. The lowest BCUT2D eigenvalue weighted by atomic mass is 10.1. The molecular weight excluding hydrogens is 405 g/mol. The minimum Gasteiger partial charge on any atom is -0.508 e. The number of hydrogen-bond acceptors (Lipinski definition) is 6. The summed E-state index contributed by atoms with van der Waals surface area (Å²) in [5, 5.41) is 17.8. The third-order valence-electron chi connectivity index (χ3n) is 4.39. The van der Waals surface area contributed by atoms with Crippen LogP contribution in [0.1, 0.15) is 18.2 Å². The average molecular weight is 418 g/mol. The molecule has 0 radical (unpaired) electrons. The molecule has 0 aliphatic heterocycles. The van der Waals surface area contributed by atoms with Gasteiger partial charge in [0, 0.05) is 11.6 Å². The lowest BCUT2D eigenvalue weighted by Crippen LogP contribution is -2.16. The summed E-state index contributed by atoms with van der Waals surface area (Å²) in [5.41, 5.74) is -0.791. The van der Waals surface area contributed by atoms with Gasteiger partial charge in [-0.2, -0.15) is 13.2 Å². The third kappa shape index (κ3) is 3.38. The van der Waals surface area contributed by atoms with E-state index < -0.39 is 22.9 Å². The van der Waals surface area contributed by atoms with E-state index in [1.54, 1.807) is 37.3 Å². The number of hydrogen-bond donors (Lipinski definition) is 1. The van der Waals surface area contributed by atoms with Crippen LogP contribution in [0.3, 0.4) is 0 Å². The molecule has 5 nitrogen and oxygen atoms in total. The first-order valence-corrected chi connectivity index (χ1v) is 9.40. The van der Waals surface area contributed by atoms with Crippen molar-refractivity contribution >= 4 is 22.3 Å². The zero-order valence-corrected chi connectivity index (χ0v) is 15.8. The largest absolute Gasteiger partial charge is 0.508 e. The lowest BCUT2D eigenvalue weighted by molar-refractivity contribution is -0.152. The van der Waals surface area contributed by atoms with E-state index >= 15 is 0 Å². The second-order valence-corrected chi connectivity index (χ2v) is 7.22. The Balaban J connectivity index is 2.00. The topological polar surface area (TPSA) is 76.2 Å². The molecule has 0 amide bonds. The van der Waals surface area contributed by atoms with Crippen molar-refractivity contribution in [2.75, 3.05) is 0 Å². The van der Waals surface area contributed by atoms with E-state index in [0.29, 0.717) is 22.6 Å². The fraction of sp³-hybridized carbons (Fsp3) is 0.150. The Morgan fingerprint density at radius 2 is 1.79 bits per heavy atom. The molecule has 148 valence electrons. The molecule has 2 aromatic heterocycles. The molecule has 0 aliphatic rings. The van der Waals surface area contributed by atoms with Crippen LogP contribution in [0.4, 0.5) is 13.2 Å². The summed E-state index contributed by atoms with van der Waals surface area (Å²) in [6.45, 7) is 1.75. The zero-order chi connectivity index (χ0) is 20.8. The third-order valence-corrected chi connectivity index (χ3v) is 5.38. The van der Waals surface area contributed by atoms with Gasteiger partial charge < -0.3 is 9.52 Å². The highest BCUT2D eigenvalue weighted by Gasteiger charge is 2.40. The Labute approximate surface area is 166 Å². The molecule has 9 heteroatoms. The molecule has 0 atom stereocenters. The van der Waals surface area contributed by atoms with Crippen molar-refractivity contribution in [2.45, 2.75) is 19.5 Å². The summed E-state index contributed by atoms with van der Waals surface area (Å²) in [5.74, 6) is -1.69. The van der Waals surface area contributed by atoms with E-state index in [9.17, 15) is 23.1 Å². The monoisotopic (exact) mass is 418 g/mol. The van der Waals surface area contributed by atoms with Crippen molar-refractivity contribution in [1.29, 1.82) is 0 Å². The van der Waals surface area contributed by atoms with Crippen LogP contribution >= 0.6 is 11.3 Å². The Bertz CT molecular complexity index is 1260. The molecule has 4 rings (SSSR count). The van der Waals surface area contributed by atoms with Gasteiger partial charge in [0.25, 0.3) is 0 Å². The normalized spacial score (nSPS) is 11.9. The van der Waals surface area contributed by atoms with Crippen LogP contribution < -0.4 is 5.43 Å². The number of phenolic OH excluding ortho intramolecular Hbond substituents is 1. The van der Waals surface area contributed by atoms with Gasteiger partial charge in [0.05, 0.1) is 5.39 Å². The maximum absolute atomic E-state index is 13.7. The maximum Gasteiger partial charge on any atom is 0.450 e. The Kier molecular flexibility index (Phi) is 4.62. The highest BCUT2D eigenvalue weighted by molar-refractivity contribution is 7.17. The van der Waals surface area contributed by atoms with Gasteiger partial charge in [0.1, 0.15) is 21.9 Å². The van der Waals surface area contributed by atoms with Crippen LogP contribution in [0.5, 0.6) is 5.75 Å². The Hall–Kier alpha value is -3.20. The van der Waals surface area contributed by atoms with E-state index in [4.69, 9.17) is 4.42 Å². The summed E-state index contributed by atoms with van der Waals surface area (Å²) >= 11 is 0.874. The van der Waals surface area contributed by atoms with Crippen LogP contribution in [0, 0.1) is 0 Å². The summed E-state index contributed by atoms with van der Waals surface area (Å²) in [6, 6.07) is 11.2. The van der Waals surface area contributed by atoms with Gasteiger partial charge >= 0.3 is 6.18 Å². The predicted octanol–water partition coefficient (Wildman–Crippen LogP) is 5.27. The van der Waals surface area contributed by atoms with Crippen molar-refractivity contribution in [2.24, 2.45) is 0 Å². The number of benzene rings is 2. The highest BCUT2D eigenvalue weighted by atomic mass is 32.1. The summed E-state index contributed by atoms with van der Waals surface area (Å²) in [4.78, 5) is 13.0. The highest BCUT2D eigenvalue weighted by Crippen LogP contribution is 2.40. The average Bonchev–Trinajstić information content (AvgIpc) is 3.17. The zero-order valence-electron chi connectivity index (χ0n) is 14.9. The predicted molar refractivity (Wildman–Crippen MR) is 103 cm³/mol. The van der Waals surface area contributed by atoms with Gasteiger partial charge in [-0.1, -0.05) is 48.6 Å². The molecular formula is C20H13F3N2O3S. The number of rotatable bonds is 3. The number of aromatic nitrogens is 2. The number of halogens is 3. The molecule has 0 spiro atoms. The van der Waals surface area contributed by atoms with Gasteiger partial charge in [-0.15, -0.1) is 10.2 Å². The number of aryl methyl sites for hydroxylation is 1. The molecule has 29 heavy (non-hydrogen) atoms. The van der Waals surface area contributed by atoms with Gasteiger partial charge in [0.2, 0.25) is 11.2 Å². The quantitative estimate of drug-likeness (QED) is 0.491. The number of nitrogens with zero attached hydrogens (tertiary/aromatic N) is 2. The smallest absolute Gasteiger partial charge is 0.450 e. The van der Waals surface area contributed by atoms with Crippen LogP contribution in [0.15, 0.2) is 51.7 Å². The van der Waals surface area contributed by atoms with Crippen LogP contribution in [0.25, 0.3) is 32.1 Å². The number of phenols is 1. The van der Waals surface area contributed by atoms with Crippen LogP contribution in [-0.2, 0) is 12.6 Å². The van der Waals surface area contributed by atoms with E-state index in [1.807, 2.05) is 0 Å². The van der Waals surface area contributed by atoms with Gasteiger partial charge in [0.15, 0.2) is 5.01 Å². The van der Waals surface area contributed by atoms with Crippen molar-refractivity contribution < 1.29 is 22.7 Å². The first kappa shape index (κ1) is 19.1. The van der Waals surface area contributed by atoms with E-state index in [1.165, 1.54) is 6.07 Å². The molecule has 2 heterocycles. The second kappa shape index (κ2) is 7.00. The van der Waals surface area contributed by atoms with Gasteiger partial charge in [-0.25, -0.2) is 0 Å². The fourth-order valence-corrected chi connectivity index (χ4v) is 3.86. The molecule has 1 N–H and O–H groups in total. The second-order valence-electron chi connectivity index (χ2n) is 6.24. The molecule has 0 saturated carbocycles. The minimum absolute atomic E-state index is 0.0564. The van der Waals surface area contributed by atoms with Crippen LogP contribution in [0.2, 0.25) is 0 Å². The maximum atomic E-state index is 13.7. The van der Waals surface area contributed by atoms with Crippen molar-refractivity contribution in [3.05, 3.63) is 64.0 Å². The van der Waals surface area contributed by atoms with E-state index in [-0.39, 0.29) is 21.7 Å². The first-order chi connectivity index (χ1) is 13.8. The molecule has 0 unspecified atom stereocenters. The number of alkyl halides is 3. The molecule has 0 fully saturated rings. The summed E-state index contributed by atoms with van der Waals surface area (Å²) in [7, 11) is 0. The Morgan fingerprint density at radius 1 is 1.10 bits per heavy atom. The van der Waals surface area contributed by atoms with Crippen molar-refractivity contribution in [3.63, 3.8) is 0 Å².